The number of rotatable bonds is 4. The normalized spacial score (nSPS) is 10.8. The Balaban J connectivity index is 1.85. The van der Waals surface area contributed by atoms with Crippen LogP contribution in [0.2, 0.25) is 0 Å². The molecule has 0 saturated heterocycles. The van der Waals surface area contributed by atoms with Gasteiger partial charge in [-0.25, -0.2) is 0 Å². The molecule has 3 aromatic rings. The van der Waals surface area contributed by atoms with Crippen LogP contribution < -0.4 is 4.74 Å². The molecule has 1 aromatic heterocycles. The lowest BCUT2D eigenvalue weighted by atomic mass is 10.1. The van der Waals surface area contributed by atoms with Gasteiger partial charge >= 0.3 is 0 Å². The van der Waals surface area contributed by atoms with Crippen LogP contribution in [0.5, 0.6) is 5.75 Å². The molecule has 1 heterocycles. The molecule has 0 amide bonds. The standard InChI is InChI=1S/C18H17NO2/c1-13-9-15(11-20)19-18-8-7-16(10-17(13)18)21-12-14-5-3-2-4-6-14/h2-10,20H,11-12H2,1H3. The zero-order chi connectivity index (χ0) is 14.7. The van der Waals surface area contributed by atoms with Crippen molar-refractivity contribution in [3.05, 3.63) is 71.4 Å². The Morgan fingerprint density at radius 2 is 1.86 bits per heavy atom. The lowest BCUT2D eigenvalue weighted by molar-refractivity contribution is 0.277. The Hall–Kier alpha value is -2.39. The minimum Gasteiger partial charge on any atom is -0.489 e. The van der Waals surface area contributed by atoms with Crippen LogP contribution in [-0.4, -0.2) is 10.1 Å². The van der Waals surface area contributed by atoms with Crippen molar-refractivity contribution in [1.82, 2.24) is 4.98 Å². The fourth-order valence-corrected chi connectivity index (χ4v) is 2.35. The summed E-state index contributed by atoms with van der Waals surface area (Å²) in [5.41, 5.74) is 3.81. The van der Waals surface area contributed by atoms with E-state index in [1.54, 1.807) is 0 Å². The van der Waals surface area contributed by atoms with Gasteiger partial charge in [0.1, 0.15) is 12.4 Å². The molecule has 106 valence electrons. The molecular weight excluding hydrogens is 262 g/mol. The van der Waals surface area contributed by atoms with E-state index < -0.39 is 0 Å². The van der Waals surface area contributed by atoms with Gasteiger partial charge in [0.2, 0.25) is 0 Å². The van der Waals surface area contributed by atoms with E-state index in [-0.39, 0.29) is 6.61 Å². The summed E-state index contributed by atoms with van der Waals surface area (Å²) in [5, 5.41) is 10.3. The smallest absolute Gasteiger partial charge is 0.120 e. The maximum absolute atomic E-state index is 9.20. The minimum atomic E-state index is -0.0387. The van der Waals surface area contributed by atoms with E-state index in [0.717, 1.165) is 27.8 Å². The number of benzene rings is 2. The first-order chi connectivity index (χ1) is 10.3. The number of aliphatic hydroxyl groups is 1. The summed E-state index contributed by atoms with van der Waals surface area (Å²) in [6.45, 7) is 2.53. The van der Waals surface area contributed by atoms with Crippen molar-refractivity contribution >= 4 is 10.9 Å². The molecule has 2 aromatic carbocycles. The van der Waals surface area contributed by atoms with Crippen LogP contribution in [-0.2, 0) is 13.2 Å². The predicted octanol–water partition coefficient (Wildman–Crippen LogP) is 3.61. The van der Waals surface area contributed by atoms with Gasteiger partial charge in [-0.1, -0.05) is 30.3 Å². The van der Waals surface area contributed by atoms with E-state index in [1.165, 1.54) is 0 Å². The topological polar surface area (TPSA) is 42.4 Å². The Kier molecular flexibility index (Phi) is 3.84. The molecule has 0 aliphatic heterocycles. The van der Waals surface area contributed by atoms with E-state index in [9.17, 15) is 5.11 Å². The summed E-state index contributed by atoms with van der Waals surface area (Å²) in [5.74, 6) is 0.827. The van der Waals surface area contributed by atoms with Crippen molar-refractivity contribution in [3.8, 4) is 5.75 Å². The molecule has 21 heavy (non-hydrogen) atoms. The molecule has 0 aliphatic carbocycles. The molecule has 3 nitrogen and oxygen atoms in total. The molecular formula is C18H17NO2. The van der Waals surface area contributed by atoms with E-state index in [2.05, 4.69) is 4.98 Å². The van der Waals surface area contributed by atoms with Crippen molar-refractivity contribution in [1.29, 1.82) is 0 Å². The van der Waals surface area contributed by atoms with E-state index in [4.69, 9.17) is 4.74 Å². The van der Waals surface area contributed by atoms with Gasteiger partial charge < -0.3 is 9.84 Å². The lowest BCUT2D eigenvalue weighted by Gasteiger charge is -2.09. The van der Waals surface area contributed by atoms with E-state index >= 15 is 0 Å². The molecule has 0 bridgehead atoms. The number of hydrogen-bond donors (Lipinski definition) is 1. The van der Waals surface area contributed by atoms with Gasteiger partial charge in [0, 0.05) is 5.39 Å². The number of nitrogens with zero attached hydrogens (tertiary/aromatic N) is 1. The van der Waals surface area contributed by atoms with Crippen LogP contribution in [0.3, 0.4) is 0 Å². The largest absolute Gasteiger partial charge is 0.489 e. The highest BCUT2D eigenvalue weighted by molar-refractivity contribution is 5.83. The first-order valence-corrected chi connectivity index (χ1v) is 6.94. The molecule has 0 unspecified atom stereocenters. The van der Waals surface area contributed by atoms with Gasteiger partial charge in [-0.3, -0.25) is 4.98 Å². The summed E-state index contributed by atoms with van der Waals surface area (Å²) in [4.78, 5) is 4.41. The quantitative estimate of drug-likeness (QED) is 0.793. The molecule has 3 rings (SSSR count). The summed E-state index contributed by atoms with van der Waals surface area (Å²) in [7, 11) is 0. The average molecular weight is 279 g/mol. The molecule has 0 fully saturated rings. The Bertz CT molecular complexity index is 754. The second kappa shape index (κ2) is 5.94. The maximum Gasteiger partial charge on any atom is 0.120 e. The highest BCUT2D eigenvalue weighted by Crippen LogP contribution is 2.24. The number of fused-ring (bicyclic) bond motifs is 1. The van der Waals surface area contributed by atoms with Gasteiger partial charge in [-0.05, 0) is 42.3 Å². The van der Waals surface area contributed by atoms with Crippen molar-refractivity contribution in [2.75, 3.05) is 0 Å². The van der Waals surface area contributed by atoms with Crippen LogP contribution in [0.4, 0.5) is 0 Å². The van der Waals surface area contributed by atoms with Gasteiger partial charge in [0.15, 0.2) is 0 Å². The number of hydrogen-bond acceptors (Lipinski definition) is 3. The average Bonchev–Trinajstić information content (AvgIpc) is 2.54. The molecule has 0 saturated carbocycles. The SMILES string of the molecule is Cc1cc(CO)nc2ccc(OCc3ccccc3)cc12. The second-order valence-electron chi connectivity index (χ2n) is 5.04. The minimum absolute atomic E-state index is 0.0387. The third-order valence-corrected chi connectivity index (χ3v) is 3.45. The molecule has 0 aliphatic rings. The third kappa shape index (κ3) is 3.03. The van der Waals surface area contributed by atoms with Gasteiger partial charge in [-0.15, -0.1) is 0 Å². The van der Waals surface area contributed by atoms with E-state index in [0.29, 0.717) is 12.3 Å². The zero-order valence-electron chi connectivity index (χ0n) is 11.9. The zero-order valence-corrected chi connectivity index (χ0v) is 11.9. The number of aliphatic hydroxyl groups excluding tert-OH is 1. The summed E-state index contributed by atoms with van der Waals surface area (Å²) in [6.07, 6.45) is 0. The second-order valence-corrected chi connectivity index (χ2v) is 5.04. The van der Waals surface area contributed by atoms with Gasteiger partial charge in [0.25, 0.3) is 0 Å². The van der Waals surface area contributed by atoms with Crippen LogP contribution in [0.25, 0.3) is 10.9 Å². The van der Waals surface area contributed by atoms with Crippen LogP contribution in [0, 0.1) is 6.92 Å². The summed E-state index contributed by atoms with van der Waals surface area (Å²) >= 11 is 0. The third-order valence-electron chi connectivity index (χ3n) is 3.45. The van der Waals surface area contributed by atoms with Crippen LogP contribution >= 0.6 is 0 Å². The van der Waals surface area contributed by atoms with Crippen molar-refractivity contribution in [2.24, 2.45) is 0 Å². The van der Waals surface area contributed by atoms with Crippen molar-refractivity contribution < 1.29 is 9.84 Å². The Labute approximate surface area is 123 Å². The predicted molar refractivity (Wildman–Crippen MR) is 83.2 cm³/mol. The molecule has 0 radical (unpaired) electrons. The van der Waals surface area contributed by atoms with Crippen LogP contribution in [0.1, 0.15) is 16.8 Å². The summed E-state index contributed by atoms with van der Waals surface area (Å²) in [6, 6.07) is 17.8. The monoisotopic (exact) mass is 279 g/mol. The Morgan fingerprint density at radius 3 is 2.62 bits per heavy atom. The highest BCUT2D eigenvalue weighted by Gasteiger charge is 2.04. The Morgan fingerprint density at radius 1 is 1.05 bits per heavy atom. The molecule has 0 spiro atoms. The van der Waals surface area contributed by atoms with Gasteiger partial charge in [-0.2, -0.15) is 0 Å². The first kappa shape index (κ1) is 13.6. The summed E-state index contributed by atoms with van der Waals surface area (Å²) < 4.78 is 5.83. The van der Waals surface area contributed by atoms with Crippen molar-refractivity contribution in [2.45, 2.75) is 20.1 Å². The fourth-order valence-electron chi connectivity index (χ4n) is 2.35. The van der Waals surface area contributed by atoms with Crippen LogP contribution in [0.15, 0.2) is 54.6 Å². The molecule has 3 heteroatoms. The van der Waals surface area contributed by atoms with Gasteiger partial charge in [0.05, 0.1) is 17.8 Å². The number of pyridine rings is 1. The maximum atomic E-state index is 9.20. The van der Waals surface area contributed by atoms with Crippen molar-refractivity contribution in [3.63, 3.8) is 0 Å². The first-order valence-electron chi connectivity index (χ1n) is 6.94. The number of ether oxygens (including phenoxy) is 1. The number of aromatic nitrogens is 1. The highest BCUT2D eigenvalue weighted by atomic mass is 16.5. The molecule has 1 N–H and O–H groups in total. The lowest BCUT2D eigenvalue weighted by Crippen LogP contribution is -1.96. The van der Waals surface area contributed by atoms with E-state index in [1.807, 2.05) is 61.5 Å². The fraction of sp³-hybridized carbons (Fsp3) is 0.167. The molecule has 0 atom stereocenters. The number of aryl methyl sites for hydroxylation is 1.